The summed E-state index contributed by atoms with van der Waals surface area (Å²) in [6.45, 7) is 6.26. The highest BCUT2D eigenvalue weighted by molar-refractivity contribution is 5.69. The van der Waals surface area contributed by atoms with Crippen LogP contribution in [0.5, 0.6) is 0 Å². The van der Waals surface area contributed by atoms with E-state index < -0.39 is 5.79 Å². The van der Waals surface area contributed by atoms with E-state index in [1.165, 1.54) is 128 Å². The third-order valence-electron chi connectivity index (χ3n) is 9.90. The molecule has 1 rings (SSSR count). The molecular formula is C46H83NO4. The smallest absolute Gasteiger partial charge is 0.307 e. The summed E-state index contributed by atoms with van der Waals surface area (Å²) in [5.74, 6) is -0.582. The lowest BCUT2D eigenvalue weighted by atomic mass is 9.98. The first-order chi connectivity index (χ1) is 25.0. The largest absolute Gasteiger partial charge is 0.466 e. The molecule has 0 amide bonds. The maximum atomic E-state index is 12.1. The summed E-state index contributed by atoms with van der Waals surface area (Å²) < 4.78 is 18.6. The fourth-order valence-electron chi connectivity index (χ4n) is 6.60. The first kappa shape index (κ1) is 47.3. The summed E-state index contributed by atoms with van der Waals surface area (Å²) in [5.41, 5.74) is 0. The van der Waals surface area contributed by atoms with Crippen molar-refractivity contribution in [1.82, 2.24) is 4.90 Å². The Morgan fingerprint density at radius 1 is 0.627 bits per heavy atom. The van der Waals surface area contributed by atoms with Crippen LogP contribution in [0, 0.1) is 0 Å². The van der Waals surface area contributed by atoms with Crippen LogP contribution in [-0.2, 0) is 19.0 Å². The van der Waals surface area contributed by atoms with Crippen LogP contribution in [0.25, 0.3) is 0 Å². The van der Waals surface area contributed by atoms with Crippen molar-refractivity contribution in [3.63, 3.8) is 0 Å². The van der Waals surface area contributed by atoms with Crippen LogP contribution in [-0.4, -0.2) is 56.6 Å². The van der Waals surface area contributed by atoms with Crippen LogP contribution in [0.3, 0.4) is 0 Å². The Morgan fingerprint density at radius 3 is 1.51 bits per heavy atom. The molecule has 1 fully saturated rings. The van der Waals surface area contributed by atoms with Gasteiger partial charge in [0.1, 0.15) is 0 Å². The molecule has 1 unspecified atom stereocenters. The number of allylic oxidation sites excluding steroid dienone is 8. The SMILES string of the molecule is CCCCC/C=C\C/C=C\CCCCCCCCC1(CCCCCCCC/C=C\C/C=C\CCCCC)OCC(CCOC(=O)CCN(C)C)O1. The molecule has 1 heterocycles. The standard InChI is InChI=1S/C46H83NO4/c1-5-7-9-11-13-15-17-19-21-23-25-27-29-31-33-35-39-46(50-43-44(51-46)38-42-49-45(48)37-41-47(3)4)40-36-34-32-30-28-26-24-22-20-18-16-14-12-10-8-6-2/h13-16,19-22,44H,5-12,17-18,23-43H2,1-4H3/b15-13-,16-14-,21-19-,22-20-. The minimum atomic E-state index is -0.454. The van der Waals surface area contributed by atoms with Gasteiger partial charge >= 0.3 is 5.97 Å². The minimum absolute atomic E-state index is 0.0147. The molecule has 0 N–H and O–H groups in total. The number of carbonyl (C=O) groups excluding carboxylic acids is 1. The molecule has 296 valence electrons. The molecule has 5 nitrogen and oxygen atoms in total. The third kappa shape index (κ3) is 30.5. The Hall–Kier alpha value is -1.69. The van der Waals surface area contributed by atoms with Crippen molar-refractivity contribution >= 4 is 5.97 Å². The zero-order valence-electron chi connectivity index (χ0n) is 34.2. The van der Waals surface area contributed by atoms with Gasteiger partial charge in [0, 0.05) is 25.8 Å². The third-order valence-corrected chi connectivity index (χ3v) is 9.90. The van der Waals surface area contributed by atoms with E-state index in [0.29, 0.717) is 32.6 Å². The normalized spacial score (nSPS) is 16.3. The van der Waals surface area contributed by atoms with Crippen LogP contribution >= 0.6 is 0 Å². The summed E-state index contributed by atoms with van der Waals surface area (Å²) >= 11 is 0. The predicted molar refractivity (Wildman–Crippen MR) is 220 cm³/mol. The van der Waals surface area contributed by atoms with Crippen molar-refractivity contribution < 1.29 is 19.0 Å². The molecule has 51 heavy (non-hydrogen) atoms. The molecule has 0 saturated carbocycles. The second kappa shape index (κ2) is 35.3. The van der Waals surface area contributed by atoms with E-state index in [1.54, 1.807) is 0 Å². The average Bonchev–Trinajstić information content (AvgIpc) is 3.53. The Labute approximate surface area is 317 Å². The first-order valence-corrected chi connectivity index (χ1v) is 21.7. The van der Waals surface area contributed by atoms with Crippen LogP contribution in [0.2, 0.25) is 0 Å². The number of unbranched alkanes of at least 4 members (excludes halogenated alkanes) is 18. The summed E-state index contributed by atoms with van der Waals surface area (Å²) in [4.78, 5) is 14.1. The van der Waals surface area contributed by atoms with Crippen LogP contribution < -0.4 is 0 Å². The van der Waals surface area contributed by atoms with E-state index in [0.717, 1.165) is 38.5 Å². The fourth-order valence-corrected chi connectivity index (χ4v) is 6.60. The second-order valence-electron chi connectivity index (χ2n) is 15.2. The van der Waals surface area contributed by atoms with E-state index >= 15 is 0 Å². The van der Waals surface area contributed by atoms with Crippen molar-refractivity contribution in [2.24, 2.45) is 0 Å². The molecule has 1 aliphatic rings. The molecule has 0 radical (unpaired) electrons. The van der Waals surface area contributed by atoms with E-state index in [2.05, 4.69) is 62.5 Å². The summed E-state index contributed by atoms with van der Waals surface area (Å²) in [7, 11) is 3.95. The topological polar surface area (TPSA) is 48.0 Å². The first-order valence-electron chi connectivity index (χ1n) is 21.7. The molecule has 0 aromatic heterocycles. The zero-order valence-corrected chi connectivity index (χ0v) is 34.2. The summed E-state index contributed by atoms with van der Waals surface area (Å²) in [6, 6.07) is 0. The Balaban J connectivity index is 2.29. The lowest BCUT2D eigenvalue weighted by Crippen LogP contribution is -2.31. The molecule has 0 aromatic carbocycles. The summed E-state index contributed by atoms with van der Waals surface area (Å²) in [6.07, 6.45) is 52.0. The van der Waals surface area contributed by atoms with Gasteiger partial charge in [-0.1, -0.05) is 140 Å². The molecule has 0 aliphatic carbocycles. The van der Waals surface area contributed by atoms with E-state index in [9.17, 15) is 4.79 Å². The van der Waals surface area contributed by atoms with Crippen molar-refractivity contribution in [2.75, 3.05) is 33.9 Å². The molecule has 0 bridgehead atoms. The molecule has 1 saturated heterocycles. The van der Waals surface area contributed by atoms with Crippen molar-refractivity contribution in [3.8, 4) is 0 Å². The minimum Gasteiger partial charge on any atom is -0.466 e. The maximum absolute atomic E-state index is 12.1. The van der Waals surface area contributed by atoms with E-state index in [1.807, 2.05) is 19.0 Å². The Morgan fingerprint density at radius 2 is 1.06 bits per heavy atom. The Kier molecular flexibility index (Phi) is 32.8. The van der Waals surface area contributed by atoms with Gasteiger partial charge in [0.25, 0.3) is 0 Å². The number of carbonyl (C=O) groups is 1. The number of ether oxygens (including phenoxy) is 3. The Bertz CT molecular complexity index is 844. The quantitative estimate of drug-likeness (QED) is 0.0367. The van der Waals surface area contributed by atoms with Crippen molar-refractivity contribution in [1.29, 1.82) is 0 Å². The number of hydrogen-bond donors (Lipinski definition) is 0. The van der Waals surface area contributed by atoms with Crippen LogP contribution in [0.4, 0.5) is 0 Å². The monoisotopic (exact) mass is 714 g/mol. The van der Waals surface area contributed by atoms with Gasteiger partial charge in [-0.2, -0.15) is 0 Å². The van der Waals surface area contributed by atoms with Gasteiger partial charge in [0.05, 0.1) is 25.7 Å². The van der Waals surface area contributed by atoms with Crippen molar-refractivity contribution in [2.45, 2.75) is 206 Å². The van der Waals surface area contributed by atoms with Gasteiger partial charge in [-0.25, -0.2) is 0 Å². The molecule has 0 spiro atoms. The maximum Gasteiger partial charge on any atom is 0.307 e. The molecule has 1 atom stereocenters. The molecule has 0 aromatic rings. The molecule has 1 aliphatic heterocycles. The van der Waals surface area contributed by atoms with Gasteiger partial charge in [-0.15, -0.1) is 0 Å². The summed E-state index contributed by atoms with van der Waals surface area (Å²) in [5, 5.41) is 0. The lowest BCUT2D eigenvalue weighted by Gasteiger charge is -2.28. The van der Waals surface area contributed by atoms with Gasteiger partial charge in [-0.05, 0) is 91.1 Å². The highest BCUT2D eigenvalue weighted by Crippen LogP contribution is 2.35. The van der Waals surface area contributed by atoms with E-state index in [-0.39, 0.29) is 12.1 Å². The van der Waals surface area contributed by atoms with Gasteiger partial charge < -0.3 is 19.1 Å². The number of hydrogen-bond acceptors (Lipinski definition) is 5. The van der Waals surface area contributed by atoms with Gasteiger partial charge in [0.15, 0.2) is 5.79 Å². The highest BCUT2D eigenvalue weighted by atomic mass is 16.7. The average molecular weight is 714 g/mol. The number of rotatable bonds is 36. The second-order valence-corrected chi connectivity index (χ2v) is 15.2. The highest BCUT2D eigenvalue weighted by Gasteiger charge is 2.40. The van der Waals surface area contributed by atoms with Gasteiger partial charge in [-0.3, -0.25) is 4.79 Å². The zero-order chi connectivity index (χ0) is 36.9. The number of nitrogens with zero attached hydrogens (tertiary/aromatic N) is 1. The van der Waals surface area contributed by atoms with Crippen LogP contribution in [0.15, 0.2) is 48.6 Å². The van der Waals surface area contributed by atoms with E-state index in [4.69, 9.17) is 14.2 Å². The fraction of sp³-hybridized carbons (Fsp3) is 0.804. The van der Waals surface area contributed by atoms with Crippen LogP contribution in [0.1, 0.15) is 194 Å². The lowest BCUT2D eigenvalue weighted by molar-refractivity contribution is -0.181. The molecular weight excluding hydrogens is 631 g/mol. The molecule has 5 heteroatoms. The van der Waals surface area contributed by atoms with Crippen molar-refractivity contribution in [3.05, 3.63) is 48.6 Å². The van der Waals surface area contributed by atoms with Gasteiger partial charge in [0.2, 0.25) is 0 Å². The predicted octanol–water partition coefficient (Wildman–Crippen LogP) is 13.4. The number of esters is 1.